The van der Waals surface area contributed by atoms with E-state index in [0.717, 1.165) is 11.1 Å². The summed E-state index contributed by atoms with van der Waals surface area (Å²) in [6.45, 7) is 5.54. The minimum absolute atomic E-state index is 0.0411. The molecule has 5 nitrogen and oxygen atoms in total. The molecule has 0 saturated heterocycles. The number of likely N-dealkylation sites (N-methyl/N-ethyl adjacent to an activating group) is 1. The van der Waals surface area contributed by atoms with Crippen LogP contribution in [0, 0.1) is 24.0 Å². The van der Waals surface area contributed by atoms with Crippen molar-refractivity contribution < 1.29 is 10.0 Å². The van der Waals surface area contributed by atoms with Crippen LogP contribution in [-0.2, 0) is 0 Å². The Bertz CT molecular complexity index is 432. The van der Waals surface area contributed by atoms with Crippen LogP contribution >= 0.6 is 0 Å². The maximum Gasteiger partial charge on any atom is 0.292 e. The van der Waals surface area contributed by atoms with Crippen molar-refractivity contribution in [2.45, 2.75) is 26.8 Å². The van der Waals surface area contributed by atoms with Crippen LogP contribution in [-0.4, -0.2) is 29.7 Å². The van der Waals surface area contributed by atoms with Crippen molar-refractivity contribution in [3.8, 4) is 0 Å². The largest absolute Gasteiger partial charge is 0.394 e. The quantitative estimate of drug-likeness (QED) is 0.643. The Morgan fingerprint density at radius 2 is 1.94 bits per heavy atom. The molecule has 0 aliphatic heterocycles. The first-order valence-electron chi connectivity index (χ1n) is 5.47. The van der Waals surface area contributed by atoms with E-state index in [0.29, 0.717) is 5.69 Å². The van der Waals surface area contributed by atoms with Gasteiger partial charge in [-0.1, -0.05) is 0 Å². The van der Waals surface area contributed by atoms with Crippen molar-refractivity contribution in [3.63, 3.8) is 0 Å². The Hall–Kier alpha value is -1.62. The van der Waals surface area contributed by atoms with Crippen LogP contribution in [0.5, 0.6) is 0 Å². The van der Waals surface area contributed by atoms with Crippen LogP contribution in [0.2, 0.25) is 0 Å². The molecule has 5 heteroatoms. The van der Waals surface area contributed by atoms with Crippen molar-refractivity contribution in [1.29, 1.82) is 0 Å². The van der Waals surface area contributed by atoms with Crippen molar-refractivity contribution in [1.82, 2.24) is 0 Å². The average molecular weight is 238 g/mol. The Kier molecular flexibility index (Phi) is 4.07. The van der Waals surface area contributed by atoms with Gasteiger partial charge in [0.25, 0.3) is 5.69 Å². The SMILES string of the molecule is Cc1cc(N(C)C(C)CO)c([N+](=O)[O-])cc1C. The van der Waals surface area contributed by atoms with Gasteiger partial charge in [-0.25, -0.2) is 0 Å². The minimum atomic E-state index is -0.387. The zero-order chi connectivity index (χ0) is 13.2. The number of nitro benzene ring substituents is 1. The number of nitrogens with zero attached hydrogens (tertiary/aromatic N) is 2. The smallest absolute Gasteiger partial charge is 0.292 e. The van der Waals surface area contributed by atoms with E-state index in [-0.39, 0.29) is 23.3 Å². The zero-order valence-corrected chi connectivity index (χ0v) is 10.6. The number of nitro groups is 1. The summed E-state index contributed by atoms with van der Waals surface area (Å²) in [5, 5.41) is 20.1. The van der Waals surface area contributed by atoms with Gasteiger partial charge in [-0.3, -0.25) is 10.1 Å². The van der Waals surface area contributed by atoms with Crippen LogP contribution in [0.4, 0.5) is 11.4 Å². The summed E-state index contributed by atoms with van der Waals surface area (Å²) in [6, 6.07) is 3.21. The highest BCUT2D eigenvalue weighted by Gasteiger charge is 2.21. The summed E-state index contributed by atoms with van der Waals surface area (Å²) in [5.74, 6) is 0. The summed E-state index contributed by atoms with van der Waals surface area (Å²) in [5.41, 5.74) is 2.52. The molecular formula is C12H18N2O3. The number of aliphatic hydroxyl groups is 1. The molecule has 1 unspecified atom stereocenters. The van der Waals surface area contributed by atoms with Gasteiger partial charge in [-0.05, 0) is 38.0 Å². The molecule has 0 aromatic heterocycles. The third-order valence-corrected chi connectivity index (χ3v) is 3.09. The molecule has 0 fully saturated rings. The van der Waals surface area contributed by atoms with Crippen molar-refractivity contribution in [3.05, 3.63) is 33.4 Å². The Labute approximate surface area is 101 Å². The fourth-order valence-electron chi connectivity index (χ4n) is 1.57. The topological polar surface area (TPSA) is 66.6 Å². The van der Waals surface area contributed by atoms with E-state index in [2.05, 4.69) is 0 Å². The fraction of sp³-hybridized carbons (Fsp3) is 0.500. The van der Waals surface area contributed by atoms with E-state index in [1.165, 1.54) is 0 Å². The normalized spacial score (nSPS) is 12.3. The number of hydrogen-bond donors (Lipinski definition) is 1. The first-order chi connectivity index (χ1) is 7.88. The molecule has 0 bridgehead atoms. The maximum absolute atomic E-state index is 11.0. The molecule has 0 saturated carbocycles. The van der Waals surface area contributed by atoms with E-state index in [4.69, 9.17) is 5.11 Å². The molecular weight excluding hydrogens is 220 g/mol. The Morgan fingerprint density at radius 3 is 2.41 bits per heavy atom. The van der Waals surface area contributed by atoms with Crippen LogP contribution < -0.4 is 4.90 Å². The lowest BCUT2D eigenvalue weighted by Crippen LogP contribution is -2.32. The average Bonchev–Trinajstić information content (AvgIpc) is 2.29. The van der Waals surface area contributed by atoms with Crippen molar-refractivity contribution in [2.24, 2.45) is 0 Å². The van der Waals surface area contributed by atoms with Gasteiger partial charge < -0.3 is 10.0 Å². The number of aliphatic hydroxyl groups excluding tert-OH is 1. The molecule has 0 heterocycles. The minimum Gasteiger partial charge on any atom is -0.394 e. The summed E-state index contributed by atoms with van der Waals surface area (Å²) in [4.78, 5) is 12.4. The molecule has 17 heavy (non-hydrogen) atoms. The standard InChI is InChI=1S/C12H18N2O3/c1-8-5-11(13(4)10(3)7-15)12(14(16)17)6-9(8)2/h5-6,10,15H,7H2,1-4H3. The molecule has 0 aliphatic rings. The molecule has 0 radical (unpaired) electrons. The van der Waals surface area contributed by atoms with Gasteiger partial charge in [-0.15, -0.1) is 0 Å². The van der Waals surface area contributed by atoms with Gasteiger partial charge in [0, 0.05) is 19.2 Å². The van der Waals surface area contributed by atoms with Crippen LogP contribution in [0.1, 0.15) is 18.1 Å². The van der Waals surface area contributed by atoms with Crippen molar-refractivity contribution >= 4 is 11.4 Å². The van der Waals surface area contributed by atoms with Crippen LogP contribution in [0.15, 0.2) is 12.1 Å². The number of hydrogen-bond acceptors (Lipinski definition) is 4. The summed E-state index contributed by atoms with van der Waals surface area (Å²) < 4.78 is 0. The molecule has 1 aromatic rings. The van der Waals surface area contributed by atoms with E-state index < -0.39 is 0 Å². The van der Waals surface area contributed by atoms with Gasteiger partial charge in [0.2, 0.25) is 0 Å². The van der Waals surface area contributed by atoms with E-state index in [1.807, 2.05) is 20.8 Å². The zero-order valence-electron chi connectivity index (χ0n) is 10.6. The number of rotatable bonds is 4. The van der Waals surface area contributed by atoms with Gasteiger partial charge in [-0.2, -0.15) is 0 Å². The highest BCUT2D eigenvalue weighted by molar-refractivity contribution is 5.66. The molecule has 1 atom stereocenters. The summed E-state index contributed by atoms with van der Waals surface area (Å²) in [7, 11) is 1.75. The molecule has 0 aliphatic carbocycles. The van der Waals surface area contributed by atoms with Gasteiger partial charge >= 0.3 is 0 Å². The second-order valence-electron chi connectivity index (χ2n) is 4.32. The highest BCUT2D eigenvalue weighted by Crippen LogP contribution is 2.31. The number of anilines is 1. The lowest BCUT2D eigenvalue weighted by Gasteiger charge is -2.25. The van der Waals surface area contributed by atoms with E-state index in [9.17, 15) is 10.1 Å². The van der Waals surface area contributed by atoms with Crippen LogP contribution in [0.25, 0.3) is 0 Å². The third kappa shape index (κ3) is 2.74. The van der Waals surface area contributed by atoms with E-state index >= 15 is 0 Å². The lowest BCUT2D eigenvalue weighted by atomic mass is 10.1. The predicted molar refractivity (Wildman–Crippen MR) is 67.5 cm³/mol. The molecule has 94 valence electrons. The van der Waals surface area contributed by atoms with Gasteiger partial charge in [0.15, 0.2) is 0 Å². The Balaban J connectivity index is 3.30. The lowest BCUT2D eigenvalue weighted by molar-refractivity contribution is -0.384. The molecule has 0 spiro atoms. The molecule has 1 rings (SSSR count). The second kappa shape index (κ2) is 5.14. The van der Waals surface area contributed by atoms with Gasteiger partial charge in [0.1, 0.15) is 5.69 Å². The first kappa shape index (κ1) is 13.4. The molecule has 1 aromatic carbocycles. The highest BCUT2D eigenvalue weighted by atomic mass is 16.6. The Morgan fingerprint density at radius 1 is 1.41 bits per heavy atom. The predicted octanol–water partition coefficient (Wildman–Crippen LogP) is 2.03. The summed E-state index contributed by atoms with van der Waals surface area (Å²) in [6.07, 6.45) is 0. The third-order valence-electron chi connectivity index (χ3n) is 3.09. The molecule has 0 amide bonds. The first-order valence-corrected chi connectivity index (χ1v) is 5.47. The fourth-order valence-corrected chi connectivity index (χ4v) is 1.57. The summed E-state index contributed by atoms with van der Waals surface area (Å²) >= 11 is 0. The van der Waals surface area contributed by atoms with Crippen molar-refractivity contribution in [2.75, 3.05) is 18.6 Å². The second-order valence-corrected chi connectivity index (χ2v) is 4.32. The number of benzene rings is 1. The monoisotopic (exact) mass is 238 g/mol. The maximum atomic E-state index is 11.0. The molecule has 1 N–H and O–H groups in total. The number of aryl methyl sites for hydroxylation is 2. The van der Waals surface area contributed by atoms with E-state index in [1.54, 1.807) is 24.1 Å². The van der Waals surface area contributed by atoms with Gasteiger partial charge in [0.05, 0.1) is 11.5 Å². The van der Waals surface area contributed by atoms with Crippen LogP contribution in [0.3, 0.4) is 0 Å².